The average Bonchev–Trinajstić information content (AvgIpc) is 2.77. The second kappa shape index (κ2) is 7.23. The topological polar surface area (TPSA) is 29.1 Å². The van der Waals surface area contributed by atoms with E-state index in [4.69, 9.17) is 34.8 Å². The van der Waals surface area contributed by atoms with Crippen molar-refractivity contribution < 1.29 is 4.79 Å². The smallest absolute Gasteiger partial charge is 0.262 e. The Hall–Kier alpha value is -0.130. The number of rotatable bonds is 5. The molecule has 7 heteroatoms. The number of amides is 1. The highest BCUT2D eigenvalue weighted by molar-refractivity contribution is 7.99. The van der Waals surface area contributed by atoms with E-state index in [-0.39, 0.29) is 5.91 Å². The number of fused-ring (bicyclic) bond motifs is 1. The molecule has 0 atom stereocenters. The van der Waals surface area contributed by atoms with E-state index in [0.29, 0.717) is 26.5 Å². The lowest BCUT2D eigenvalue weighted by atomic mass is 10.2. The quantitative estimate of drug-likeness (QED) is 0.721. The Balaban J connectivity index is 2.24. The Kier molecular flexibility index (Phi) is 5.87. The van der Waals surface area contributed by atoms with Crippen LogP contribution in [-0.2, 0) is 0 Å². The van der Waals surface area contributed by atoms with Gasteiger partial charge in [0.25, 0.3) is 5.91 Å². The van der Waals surface area contributed by atoms with E-state index < -0.39 is 0 Å². The van der Waals surface area contributed by atoms with Crippen LogP contribution >= 0.6 is 57.9 Å². The summed E-state index contributed by atoms with van der Waals surface area (Å²) < 4.78 is 0.747. The van der Waals surface area contributed by atoms with Crippen molar-refractivity contribution in [1.29, 1.82) is 0 Å². The Morgan fingerprint density at radius 3 is 2.75 bits per heavy atom. The summed E-state index contributed by atoms with van der Waals surface area (Å²) in [7, 11) is 0. The Morgan fingerprint density at radius 1 is 1.30 bits per heavy atom. The van der Waals surface area contributed by atoms with Crippen LogP contribution < -0.4 is 5.32 Å². The first kappa shape index (κ1) is 16.2. The van der Waals surface area contributed by atoms with Gasteiger partial charge in [-0.2, -0.15) is 11.8 Å². The minimum Gasteiger partial charge on any atom is -0.350 e. The maximum absolute atomic E-state index is 12.1. The fourth-order valence-electron chi connectivity index (χ4n) is 1.68. The van der Waals surface area contributed by atoms with Crippen LogP contribution in [0.2, 0.25) is 15.1 Å². The summed E-state index contributed by atoms with van der Waals surface area (Å²) in [6, 6.07) is 3.47. The van der Waals surface area contributed by atoms with Gasteiger partial charge in [0.15, 0.2) is 0 Å². The standard InChI is InChI=1S/C13H12Cl3NOS2/c1-2-19-6-5-17-13(18)12-9(15)7-3-4-8(14)10(16)11(7)20-12/h3-4H,2,5-6H2,1H3,(H,17,18). The second-order valence-corrected chi connectivity index (χ2v) is 7.51. The van der Waals surface area contributed by atoms with Gasteiger partial charge in [0.2, 0.25) is 0 Å². The molecule has 0 aliphatic heterocycles. The van der Waals surface area contributed by atoms with Crippen LogP contribution in [0, 0.1) is 0 Å². The lowest BCUT2D eigenvalue weighted by Crippen LogP contribution is -2.25. The molecule has 108 valence electrons. The van der Waals surface area contributed by atoms with E-state index in [1.165, 1.54) is 11.3 Å². The lowest BCUT2D eigenvalue weighted by molar-refractivity contribution is 0.0960. The molecule has 0 aliphatic carbocycles. The van der Waals surface area contributed by atoms with E-state index in [1.807, 2.05) is 0 Å². The molecule has 1 aromatic heterocycles. The number of hydrogen-bond donors (Lipinski definition) is 1. The minimum atomic E-state index is -0.167. The van der Waals surface area contributed by atoms with Crippen LogP contribution in [0.3, 0.4) is 0 Å². The molecule has 2 nitrogen and oxygen atoms in total. The molecule has 0 aliphatic rings. The van der Waals surface area contributed by atoms with Gasteiger partial charge < -0.3 is 5.32 Å². The molecule has 0 radical (unpaired) electrons. The first-order valence-corrected chi connectivity index (χ1v) is 9.08. The number of nitrogens with one attached hydrogen (secondary N) is 1. The molecular formula is C13H12Cl3NOS2. The molecule has 0 spiro atoms. The van der Waals surface area contributed by atoms with E-state index in [0.717, 1.165) is 21.6 Å². The molecule has 0 fully saturated rings. The van der Waals surface area contributed by atoms with Crippen molar-refractivity contribution in [3.63, 3.8) is 0 Å². The predicted octanol–water partition coefficient (Wildman–Crippen LogP) is 5.34. The van der Waals surface area contributed by atoms with Crippen LogP contribution in [0.5, 0.6) is 0 Å². The summed E-state index contributed by atoms with van der Waals surface area (Å²) in [5, 5.41) is 4.96. The number of carbonyl (C=O) groups excluding carboxylic acids is 1. The first-order valence-electron chi connectivity index (χ1n) is 5.98. The van der Waals surface area contributed by atoms with E-state index in [1.54, 1.807) is 23.9 Å². The van der Waals surface area contributed by atoms with Crippen molar-refractivity contribution in [2.45, 2.75) is 6.92 Å². The zero-order chi connectivity index (χ0) is 14.7. The van der Waals surface area contributed by atoms with Crippen LogP contribution in [-0.4, -0.2) is 24.0 Å². The van der Waals surface area contributed by atoms with Gasteiger partial charge in [-0.25, -0.2) is 0 Å². The van der Waals surface area contributed by atoms with E-state index in [9.17, 15) is 4.79 Å². The van der Waals surface area contributed by atoms with Crippen molar-refractivity contribution in [3.8, 4) is 0 Å². The predicted molar refractivity (Wildman–Crippen MR) is 92.2 cm³/mol. The van der Waals surface area contributed by atoms with Crippen LogP contribution in [0.1, 0.15) is 16.6 Å². The first-order chi connectivity index (χ1) is 9.56. The number of halogens is 3. The maximum Gasteiger partial charge on any atom is 0.262 e. The highest BCUT2D eigenvalue weighted by Crippen LogP contribution is 2.41. The van der Waals surface area contributed by atoms with Gasteiger partial charge >= 0.3 is 0 Å². The molecule has 0 bridgehead atoms. The maximum atomic E-state index is 12.1. The third-order valence-corrected chi connectivity index (χ3v) is 6.18. The molecule has 0 saturated carbocycles. The molecule has 1 heterocycles. The number of benzene rings is 1. The van der Waals surface area contributed by atoms with Crippen molar-refractivity contribution in [3.05, 3.63) is 32.1 Å². The molecule has 2 rings (SSSR count). The SMILES string of the molecule is CCSCCNC(=O)c1sc2c(Cl)c(Cl)ccc2c1Cl. The van der Waals surface area contributed by atoms with Crippen LogP contribution in [0.25, 0.3) is 10.1 Å². The molecule has 1 aromatic carbocycles. The molecule has 0 saturated heterocycles. The zero-order valence-corrected chi connectivity index (χ0v) is 14.5. The van der Waals surface area contributed by atoms with Gasteiger partial charge in [0.1, 0.15) is 4.88 Å². The van der Waals surface area contributed by atoms with Crippen molar-refractivity contribution in [2.24, 2.45) is 0 Å². The Morgan fingerprint density at radius 2 is 2.05 bits per heavy atom. The number of thioether (sulfide) groups is 1. The average molecular weight is 369 g/mol. The monoisotopic (exact) mass is 367 g/mol. The third kappa shape index (κ3) is 3.37. The second-order valence-electron chi connectivity index (χ2n) is 3.94. The molecule has 0 unspecified atom stereocenters. The van der Waals surface area contributed by atoms with Crippen LogP contribution in [0.4, 0.5) is 0 Å². The molecule has 1 amide bonds. The largest absolute Gasteiger partial charge is 0.350 e. The number of thiophene rings is 1. The Bertz CT molecular complexity index is 642. The number of hydrogen-bond acceptors (Lipinski definition) is 3. The highest BCUT2D eigenvalue weighted by atomic mass is 35.5. The van der Waals surface area contributed by atoms with Gasteiger partial charge in [-0.1, -0.05) is 47.8 Å². The van der Waals surface area contributed by atoms with E-state index in [2.05, 4.69) is 12.2 Å². The molecule has 1 N–H and O–H groups in total. The van der Waals surface area contributed by atoms with E-state index >= 15 is 0 Å². The normalized spacial score (nSPS) is 11.0. The molecular weight excluding hydrogens is 357 g/mol. The Labute approximate surface area is 140 Å². The van der Waals surface area contributed by atoms with Gasteiger partial charge in [-0.05, 0) is 11.8 Å². The summed E-state index contributed by atoms with van der Waals surface area (Å²) in [5.74, 6) is 1.76. The third-order valence-electron chi connectivity index (χ3n) is 2.63. The van der Waals surface area contributed by atoms with Gasteiger partial charge in [0.05, 0.1) is 19.8 Å². The van der Waals surface area contributed by atoms with Gasteiger partial charge in [0, 0.05) is 17.7 Å². The lowest BCUT2D eigenvalue weighted by Gasteiger charge is -2.02. The van der Waals surface area contributed by atoms with Crippen LogP contribution in [0.15, 0.2) is 12.1 Å². The highest BCUT2D eigenvalue weighted by Gasteiger charge is 2.19. The summed E-state index contributed by atoms with van der Waals surface area (Å²) in [5.41, 5.74) is 0. The molecule has 20 heavy (non-hydrogen) atoms. The summed E-state index contributed by atoms with van der Waals surface area (Å²) in [4.78, 5) is 12.6. The van der Waals surface area contributed by atoms with Crippen molar-refractivity contribution in [1.82, 2.24) is 5.32 Å². The van der Waals surface area contributed by atoms with Crippen molar-refractivity contribution in [2.75, 3.05) is 18.1 Å². The fraction of sp³-hybridized carbons (Fsp3) is 0.308. The van der Waals surface area contributed by atoms with Gasteiger partial charge in [-0.3, -0.25) is 4.79 Å². The summed E-state index contributed by atoms with van der Waals surface area (Å²) in [6.45, 7) is 2.71. The van der Waals surface area contributed by atoms with Gasteiger partial charge in [-0.15, -0.1) is 11.3 Å². The summed E-state index contributed by atoms with van der Waals surface area (Å²) in [6.07, 6.45) is 0. The van der Waals surface area contributed by atoms with Crippen molar-refractivity contribution >= 4 is 73.9 Å². The minimum absolute atomic E-state index is 0.167. The molecule has 2 aromatic rings. The fourth-order valence-corrected chi connectivity index (χ4v) is 4.17. The number of carbonyl (C=O) groups is 1. The zero-order valence-electron chi connectivity index (χ0n) is 10.6. The summed E-state index contributed by atoms with van der Waals surface area (Å²) >= 11 is 21.4.